The molecule has 0 unspecified atom stereocenters. The number of hydrogen-bond donors (Lipinski definition) is 2. The van der Waals surface area contributed by atoms with Crippen LogP contribution in [-0.4, -0.2) is 29.0 Å². The predicted molar refractivity (Wildman–Crippen MR) is 95.4 cm³/mol. The van der Waals surface area contributed by atoms with E-state index in [0.717, 1.165) is 10.6 Å². The van der Waals surface area contributed by atoms with E-state index in [1.807, 2.05) is 6.92 Å². The quantitative estimate of drug-likeness (QED) is 0.713. The Labute approximate surface area is 155 Å². The number of aromatic nitrogens is 2. The number of nitrogens with zero attached hydrogens (tertiary/aromatic N) is 2. The second kappa shape index (κ2) is 6.63. The van der Waals surface area contributed by atoms with Crippen LogP contribution in [-0.2, 0) is 0 Å². The maximum Gasteiger partial charge on any atom is 0.573 e. The minimum atomic E-state index is -4.76. The number of halogens is 3. The smallest absolute Gasteiger partial charge is 0.406 e. The molecule has 10 heteroatoms. The molecule has 27 heavy (non-hydrogen) atoms. The number of rotatable bonds is 3. The van der Waals surface area contributed by atoms with Crippen molar-refractivity contribution in [3.8, 4) is 11.4 Å². The molecule has 1 aliphatic rings. The average Bonchev–Trinajstić information content (AvgIpc) is 3.24. The average molecular weight is 396 g/mol. The molecule has 0 radical (unpaired) electrons. The highest BCUT2D eigenvalue weighted by Gasteiger charge is 2.31. The molecule has 2 N–H and O–H groups in total. The number of alkyl halides is 3. The fraction of sp³-hybridized carbons (Fsp3) is 0.294. The number of hydrazine groups is 1. The molecule has 0 saturated carbocycles. The summed E-state index contributed by atoms with van der Waals surface area (Å²) in [5.41, 5.74) is 7.94. The molecule has 0 amide bonds. The molecule has 4 rings (SSSR count). The van der Waals surface area contributed by atoms with Gasteiger partial charge in [-0.1, -0.05) is 0 Å². The van der Waals surface area contributed by atoms with Gasteiger partial charge in [0.1, 0.15) is 10.4 Å². The van der Waals surface area contributed by atoms with E-state index in [4.69, 9.17) is 0 Å². The molecule has 0 bridgehead atoms. The number of fused-ring (bicyclic) bond motifs is 1. The number of aryl methyl sites for hydroxylation is 1. The van der Waals surface area contributed by atoms with E-state index in [0.29, 0.717) is 29.0 Å². The van der Waals surface area contributed by atoms with Crippen molar-refractivity contribution in [2.45, 2.75) is 19.2 Å². The van der Waals surface area contributed by atoms with E-state index >= 15 is 0 Å². The lowest BCUT2D eigenvalue weighted by molar-refractivity contribution is -0.274. The molecular weight excluding hydrogens is 381 g/mol. The predicted octanol–water partition coefficient (Wildman–Crippen LogP) is 2.85. The molecule has 142 valence electrons. The maximum absolute atomic E-state index is 12.9. The number of ether oxygens (including phenoxy) is 1. The van der Waals surface area contributed by atoms with Gasteiger partial charge in [0, 0.05) is 36.5 Å². The Morgan fingerprint density at radius 2 is 1.89 bits per heavy atom. The van der Waals surface area contributed by atoms with Crippen LogP contribution in [0.25, 0.3) is 15.9 Å². The summed E-state index contributed by atoms with van der Waals surface area (Å²) in [4.78, 5) is 17.4. The first-order valence-corrected chi connectivity index (χ1v) is 8.98. The summed E-state index contributed by atoms with van der Waals surface area (Å²) < 4.78 is 42.9. The standard InChI is InChI=1S/C17H15F3N4O2S/c1-9-23-14-13(10-6-21-22-7-10)8-24(16(25)15(14)27-9)11-2-4-12(5-3-11)26-17(18,19)20/h2-5,8,10,21-22H,6-7H2,1H3. The van der Waals surface area contributed by atoms with Crippen LogP contribution in [0.15, 0.2) is 35.3 Å². The number of benzene rings is 1. The van der Waals surface area contributed by atoms with Crippen molar-refractivity contribution in [3.63, 3.8) is 0 Å². The molecule has 0 atom stereocenters. The third-order valence-corrected chi connectivity index (χ3v) is 5.26. The van der Waals surface area contributed by atoms with Gasteiger partial charge in [-0.2, -0.15) is 0 Å². The number of thiazole rings is 1. The topological polar surface area (TPSA) is 68.2 Å². The monoisotopic (exact) mass is 396 g/mol. The summed E-state index contributed by atoms with van der Waals surface area (Å²) in [6.45, 7) is 3.23. The van der Waals surface area contributed by atoms with Crippen molar-refractivity contribution in [2.24, 2.45) is 0 Å². The van der Waals surface area contributed by atoms with E-state index in [1.165, 1.54) is 40.2 Å². The molecule has 2 aromatic heterocycles. The summed E-state index contributed by atoms with van der Waals surface area (Å²) in [6.07, 6.45) is -3.03. The Balaban J connectivity index is 1.81. The maximum atomic E-state index is 12.9. The SMILES string of the molecule is Cc1nc2c(C3CNNC3)cn(-c3ccc(OC(F)(F)F)cc3)c(=O)c2s1. The molecule has 1 fully saturated rings. The zero-order valence-corrected chi connectivity index (χ0v) is 14.9. The Morgan fingerprint density at radius 1 is 1.22 bits per heavy atom. The Kier molecular flexibility index (Phi) is 4.41. The van der Waals surface area contributed by atoms with Gasteiger partial charge in [0.2, 0.25) is 0 Å². The van der Waals surface area contributed by atoms with Gasteiger partial charge >= 0.3 is 6.36 Å². The number of pyridine rings is 1. The first-order chi connectivity index (χ1) is 12.8. The normalized spacial score (nSPS) is 15.6. The molecule has 3 aromatic rings. The zero-order valence-electron chi connectivity index (χ0n) is 14.1. The summed E-state index contributed by atoms with van der Waals surface area (Å²) in [7, 11) is 0. The fourth-order valence-corrected chi connectivity index (χ4v) is 4.00. The molecule has 6 nitrogen and oxygen atoms in total. The van der Waals surface area contributed by atoms with Crippen molar-refractivity contribution in [1.29, 1.82) is 0 Å². The van der Waals surface area contributed by atoms with Crippen molar-refractivity contribution < 1.29 is 17.9 Å². The van der Waals surface area contributed by atoms with Gasteiger partial charge < -0.3 is 4.74 Å². The van der Waals surface area contributed by atoms with Gasteiger partial charge in [-0.3, -0.25) is 20.2 Å². The first-order valence-electron chi connectivity index (χ1n) is 8.16. The third-order valence-electron chi connectivity index (χ3n) is 4.30. The lowest BCUT2D eigenvalue weighted by Gasteiger charge is -2.14. The van der Waals surface area contributed by atoms with Crippen LogP contribution >= 0.6 is 11.3 Å². The van der Waals surface area contributed by atoms with Crippen LogP contribution in [0.4, 0.5) is 13.2 Å². The van der Waals surface area contributed by atoms with Crippen molar-refractivity contribution in [3.05, 3.63) is 51.4 Å². The Hall–Kier alpha value is -2.43. The van der Waals surface area contributed by atoms with Crippen LogP contribution in [0, 0.1) is 6.92 Å². The highest BCUT2D eigenvalue weighted by molar-refractivity contribution is 7.18. The molecular formula is C17H15F3N4O2S. The summed E-state index contributed by atoms with van der Waals surface area (Å²) in [5.74, 6) is -0.202. The summed E-state index contributed by atoms with van der Waals surface area (Å²) in [6, 6.07) is 5.24. The number of nitrogens with one attached hydrogen (secondary N) is 2. The van der Waals surface area contributed by atoms with Crippen molar-refractivity contribution in [1.82, 2.24) is 20.4 Å². The van der Waals surface area contributed by atoms with Gasteiger partial charge in [-0.05, 0) is 31.2 Å². The van der Waals surface area contributed by atoms with Crippen LogP contribution in [0.2, 0.25) is 0 Å². The molecule has 0 aliphatic carbocycles. The second-order valence-electron chi connectivity index (χ2n) is 6.17. The van der Waals surface area contributed by atoms with Crippen LogP contribution in [0.3, 0.4) is 0 Å². The number of hydrogen-bond acceptors (Lipinski definition) is 6. The van der Waals surface area contributed by atoms with Crippen LogP contribution in [0.5, 0.6) is 5.75 Å². The Bertz CT molecular complexity index is 1040. The van der Waals surface area contributed by atoms with Gasteiger partial charge in [0.25, 0.3) is 5.56 Å². The fourth-order valence-electron chi connectivity index (χ4n) is 3.12. The summed E-state index contributed by atoms with van der Waals surface area (Å²) in [5, 5.41) is 0.786. The second-order valence-corrected chi connectivity index (χ2v) is 7.37. The Morgan fingerprint density at radius 3 is 2.52 bits per heavy atom. The minimum absolute atomic E-state index is 0.133. The molecule has 1 saturated heterocycles. The van der Waals surface area contributed by atoms with Crippen LogP contribution < -0.4 is 21.1 Å². The van der Waals surface area contributed by atoms with Crippen LogP contribution in [0.1, 0.15) is 16.5 Å². The summed E-state index contributed by atoms with van der Waals surface area (Å²) >= 11 is 1.31. The van der Waals surface area contributed by atoms with E-state index in [-0.39, 0.29) is 17.2 Å². The van der Waals surface area contributed by atoms with E-state index < -0.39 is 6.36 Å². The largest absolute Gasteiger partial charge is 0.573 e. The molecule has 1 aromatic carbocycles. The lowest BCUT2D eigenvalue weighted by Crippen LogP contribution is -2.21. The van der Waals surface area contributed by atoms with Gasteiger partial charge in [0.05, 0.1) is 10.5 Å². The highest BCUT2D eigenvalue weighted by Crippen LogP contribution is 2.29. The zero-order chi connectivity index (χ0) is 19.2. The highest BCUT2D eigenvalue weighted by atomic mass is 32.1. The third kappa shape index (κ3) is 3.55. The lowest BCUT2D eigenvalue weighted by atomic mass is 10.0. The van der Waals surface area contributed by atoms with E-state index in [1.54, 1.807) is 6.20 Å². The van der Waals surface area contributed by atoms with E-state index in [9.17, 15) is 18.0 Å². The minimum Gasteiger partial charge on any atom is -0.406 e. The molecule has 0 spiro atoms. The molecule has 1 aliphatic heterocycles. The first kappa shape index (κ1) is 18.0. The molecule has 3 heterocycles. The van der Waals surface area contributed by atoms with Crippen molar-refractivity contribution >= 4 is 21.6 Å². The van der Waals surface area contributed by atoms with Gasteiger partial charge in [-0.15, -0.1) is 24.5 Å². The van der Waals surface area contributed by atoms with Gasteiger partial charge in [0.15, 0.2) is 0 Å². The van der Waals surface area contributed by atoms with Crippen molar-refractivity contribution in [2.75, 3.05) is 13.1 Å². The van der Waals surface area contributed by atoms with E-state index in [2.05, 4.69) is 20.6 Å². The van der Waals surface area contributed by atoms with Gasteiger partial charge in [-0.25, -0.2) is 4.98 Å².